The minimum atomic E-state index is -1.34. The van der Waals surface area contributed by atoms with E-state index < -0.39 is 60.8 Å². The lowest BCUT2D eigenvalue weighted by Gasteiger charge is -2.22. The number of benzene rings is 1. The van der Waals surface area contributed by atoms with Gasteiger partial charge in [-0.2, -0.15) is 0 Å². The van der Waals surface area contributed by atoms with E-state index in [0.717, 1.165) is 0 Å². The maximum absolute atomic E-state index is 12.5. The van der Waals surface area contributed by atoms with Gasteiger partial charge < -0.3 is 37.0 Å². The number of rotatable bonds is 13. The van der Waals surface area contributed by atoms with Crippen molar-refractivity contribution in [1.82, 2.24) is 16.0 Å². The van der Waals surface area contributed by atoms with E-state index >= 15 is 0 Å². The molecule has 0 spiro atoms. The van der Waals surface area contributed by atoms with Crippen LogP contribution in [0.3, 0.4) is 0 Å². The van der Waals surface area contributed by atoms with Gasteiger partial charge in [0.05, 0.1) is 19.0 Å². The number of hydrogen-bond acceptors (Lipinski definition) is 7. The summed E-state index contributed by atoms with van der Waals surface area (Å²) in [7, 11) is 0. The van der Waals surface area contributed by atoms with E-state index in [2.05, 4.69) is 16.0 Å². The normalized spacial score (nSPS) is 13.5. The topological polar surface area (TPSA) is 208 Å². The molecule has 0 saturated heterocycles. The van der Waals surface area contributed by atoms with Gasteiger partial charge in [-0.3, -0.25) is 19.2 Å². The average molecular weight is 466 g/mol. The maximum Gasteiger partial charge on any atom is 0.326 e. The minimum Gasteiger partial charge on any atom is -0.508 e. The molecule has 1 rings (SSSR count). The predicted octanol–water partition coefficient (Wildman–Crippen LogP) is -1.05. The Morgan fingerprint density at radius 1 is 0.939 bits per heavy atom. The van der Waals surface area contributed by atoms with Crippen molar-refractivity contribution in [2.45, 2.75) is 51.2 Å². The van der Waals surface area contributed by atoms with Crippen LogP contribution in [0.2, 0.25) is 0 Å². The molecule has 0 heterocycles. The third kappa shape index (κ3) is 10.5. The Hall–Kier alpha value is -3.67. The van der Waals surface area contributed by atoms with Gasteiger partial charge in [0.25, 0.3) is 0 Å². The molecule has 0 aromatic heterocycles. The summed E-state index contributed by atoms with van der Waals surface area (Å²) in [5.74, 6) is -4.81. The fourth-order valence-corrected chi connectivity index (χ4v) is 2.87. The van der Waals surface area contributed by atoms with E-state index in [1.165, 1.54) is 24.3 Å². The molecule has 0 radical (unpaired) electrons. The number of hydrogen-bond donors (Lipinski definition) is 7. The number of nitrogens with two attached hydrogens (primary N) is 1. The SMILES string of the molecule is CC(C)CC(NC(=O)C(N)CC(=O)O)C(=O)NCC(=O)NC(Cc1ccc(O)cc1)C(=O)O. The molecule has 1 aromatic carbocycles. The predicted molar refractivity (Wildman–Crippen MR) is 116 cm³/mol. The molecule has 0 fully saturated rings. The Balaban J connectivity index is 2.68. The molecule has 8 N–H and O–H groups in total. The number of aliphatic carboxylic acids is 2. The van der Waals surface area contributed by atoms with Gasteiger partial charge in [0.2, 0.25) is 17.7 Å². The Bertz CT molecular complexity index is 856. The number of carbonyl (C=O) groups excluding carboxylic acids is 3. The van der Waals surface area contributed by atoms with E-state index in [4.69, 9.17) is 10.8 Å². The van der Waals surface area contributed by atoms with Crippen molar-refractivity contribution in [1.29, 1.82) is 0 Å². The van der Waals surface area contributed by atoms with Gasteiger partial charge in [-0.15, -0.1) is 0 Å². The number of carboxylic acid groups (broad SMARTS) is 2. The molecule has 12 heteroatoms. The van der Waals surface area contributed by atoms with E-state index in [1.54, 1.807) is 13.8 Å². The number of phenols is 1. The third-order valence-corrected chi connectivity index (χ3v) is 4.50. The molecule has 182 valence electrons. The van der Waals surface area contributed by atoms with Crippen LogP contribution in [0.4, 0.5) is 0 Å². The number of amides is 3. The summed E-state index contributed by atoms with van der Waals surface area (Å²) in [6.45, 7) is 3.07. The van der Waals surface area contributed by atoms with Gasteiger partial charge in [-0.1, -0.05) is 26.0 Å². The number of carboxylic acids is 2. The van der Waals surface area contributed by atoms with Crippen LogP contribution in [-0.2, 0) is 30.4 Å². The lowest BCUT2D eigenvalue weighted by Crippen LogP contribution is -2.54. The quantitative estimate of drug-likeness (QED) is 0.189. The highest BCUT2D eigenvalue weighted by atomic mass is 16.4. The molecule has 1 aromatic rings. The standard InChI is InChI=1S/C21H30N4O8/c1-11(2)7-15(25-19(30)14(22)9-18(28)29)20(31)23-10-17(27)24-16(21(32)33)8-12-3-5-13(26)6-4-12/h3-6,11,14-16,26H,7-10,22H2,1-2H3,(H,23,31)(H,24,27)(H,25,30)(H,28,29)(H,32,33). The highest BCUT2D eigenvalue weighted by Crippen LogP contribution is 2.11. The number of phenolic OH excluding ortho intramolecular Hbond substituents is 1. The fraction of sp³-hybridized carbons (Fsp3) is 0.476. The first kappa shape index (κ1) is 27.4. The van der Waals surface area contributed by atoms with Crippen molar-refractivity contribution >= 4 is 29.7 Å². The van der Waals surface area contributed by atoms with Crippen LogP contribution in [0.15, 0.2) is 24.3 Å². The summed E-state index contributed by atoms with van der Waals surface area (Å²) >= 11 is 0. The molecular weight excluding hydrogens is 436 g/mol. The molecule has 33 heavy (non-hydrogen) atoms. The van der Waals surface area contributed by atoms with E-state index in [-0.39, 0.29) is 24.5 Å². The summed E-state index contributed by atoms with van der Waals surface area (Å²) in [5, 5.41) is 34.4. The first-order valence-corrected chi connectivity index (χ1v) is 10.2. The molecule has 0 aliphatic carbocycles. The Kier molecular flexibility index (Phi) is 10.8. The van der Waals surface area contributed by atoms with Crippen LogP contribution in [0, 0.1) is 5.92 Å². The Labute approximate surface area is 190 Å². The smallest absolute Gasteiger partial charge is 0.326 e. The lowest BCUT2D eigenvalue weighted by molar-refractivity contribution is -0.141. The molecule has 12 nitrogen and oxygen atoms in total. The van der Waals surface area contributed by atoms with Crippen molar-refractivity contribution in [3.63, 3.8) is 0 Å². The summed E-state index contributed by atoms with van der Waals surface area (Å²) < 4.78 is 0. The zero-order valence-corrected chi connectivity index (χ0v) is 18.4. The fourth-order valence-electron chi connectivity index (χ4n) is 2.87. The second kappa shape index (κ2) is 13.0. The average Bonchev–Trinajstić information content (AvgIpc) is 2.71. The summed E-state index contributed by atoms with van der Waals surface area (Å²) in [6, 6.07) is 2.16. The molecule has 0 aliphatic heterocycles. The first-order valence-electron chi connectivity index (χ1n) is 10.2. The van der Waals surface area contributed by atoms with Crippen LogP contribution in [-0.4, -0.2) is 69.7 Å². The van der Waals surface area contributed by atoms with Gasteiger partial charge in [-0.25, -0.2) is 4.79 Å². The van der Waals surface area contributed by atoms with Crippen LogP contribution < -0.4 is 21.7 Å². The van der Waals surface area contributed by atoms with Crippen LogP contribution in [0.5, 0.6) is 5.75 Å². The maximum atomic E-state index is 12.5. The third-order valence-electron chi connectivity index (χ3n) is 4.50. The number of carbonyl (C=O) groups is 5. The molecule has 3 atom stereocenters. The zero-order chi connectivity index (χ0) is 25.1. The van der Waals surface area contributed by atoms with Crippen LogP contribution in [0.25, 0.3) is 0 Å². The molecule has 3 amide bonds. The number of nitrogens with one attached hydrogen (secondary N) is 3. The van der Waals surface area contributed by atoms with E-state index in [0.29, 0.717) is 5.56 Å². The largest absolute Gasteiger partial charge is 0.508 e. The van der Waals surface area contributed by atoms with Crippen molar-refractivity contribution in [2.75, 3.05) is 6.54 Å². The molecule has 3 unspecified atom stereocenters. The monoisotopic (exact) mass is 466 g/mol. The van der Waals surface area contributed by atoms with Crippen molar-refractivity contribution < 1.29 is 39.3 Å². The first-order chi connectivity index (χ1) is 15.4. The van der Waals surface area contributed by atoms with Gasteiger partial charge in [0, 0.05) is 6.42 Å². The second-order valence-corrected chi connectivity index (χ2v) is 7.94. The molecule has 0 bridgehead atoms. The van der Waals surface area contributed by atoms with E-state index in [1.807, 2.05) is 0 Å². The van der Waals surface area contributed by atoms with Gasteiger partial charge >= 0.3 is 11.9 Å². The minimum absolute atomic E-state index is 0.0179. The molecular formula is C21H30N4O8. The van der Waals surface area contributed by atoms with Gasteiger partial charge in [0.15, 0.2) is 0 Å². The highest BCUT2D eigenvalue weighted by Gasteiger charge is 2.26. The number of aromatic hydroxyl groups is 1. The highest BCUT2D eigenvalue weighted by molar-refractivity contribution is 5.93. The van der Waals surface area contributed by atoms with Crippen LogP contribution >= 0.6 is 0 Å². The van der Waals surface area contributed by atoms with Crippen molar-refractivity contribution in [3.8, 4) is 5.75 Å². The molecule has 0 saturated carbocycles. The zero-order valence-electron chi connectivity index (χ0n) is 18.4. The van der Waals surface area contributed by atoms with E-state index in [9.17, 15) is 34.2 Å². The summed E-state index contributed by atoms with van der Waals surface area (Å²) in [6.07, 6.45) is -0.442. The Morgan fingerprint density at radius 2 is 1.55 bits per heavy atom. The second-order valence-electron chi connectivity index (χ2n) is 7.94. The van der Waals surface area contributed by atoms with Gasteiger partial charge in [0.1, 0.15) is 17.8 Å². The summed E-state index contributed by atoms with van der Waals surface area (Å²) in [5.41, 5.74) is 6.09. The van der Waals surface area contributed by atoms with Crippen molar-refractivity contribution in [3.05, 3.63) is 29.8 Å². The lowest BCUT2D eigenvalue weighted by atomic mass is 10.0. The van der Waals surface area contributed by atoms with Gasteiger partial charge in [-0.05, 0) is 30.0 Å². The Morgan fingerprint density at radius 3 is 2.06 bits per heavy atom. The van der Waals surface area contributed by atoms with Crippen LogP contribution in [0.1, 0.15) is 32.3 Å². The molecule has 0 aliphatic rings. The van der Waals surface area contributed by atoms with Crippen molar-refractivity contribution in [2.24, 2.45) is 11.7 Å². The summed E-state index contributed by atoms with van der Waals surface area (Å²) in [4.78, 5) is 59.0.